The van der Waals surface area contributed by atoms with Gasteiger partial charge in [0.1, 0.15) is 11.5 Å². The Kier molecular flexibility index (Phi) is 4.55. The van der Waals surface area contributed by atoms with E-state index in [0.717, 1.165) is 0 Å². The Morgan fingerprint density at radius 2 is 2.22 bits per heavy atom. The van der Waals surface area contributed by atoms with Crippen molar-refractivity contribution in [2.75, 3.05) is 19.0 Å². The number of nitrogens with two attached hydrogens (primary N) is 1. The lowest BCUT2D eigenvalue weighted by Crippen LogP contribution is -2.39. The van der Waals surface area contributed by atoms with E-state index in [1.807, 2.05) is 6.92 Å². The van der Waals surface area contributed by atoms with Crippen LogP contribution in [0, 0.1) is 5.41 Å². The summed E-state index contributed by atoms with van der Waals surface area (Å²) in [5.41, 5.74) is 5.34. The second-order valence-electron chi connectivity index (χ2n) is 4.46. The molecule has 18 heavy (non-hydrogen) atoms. The highest BCUT2D eigenvalue weighted by atomic mass is 16.5. The maximum Gasteiger partial charge on any atom is 0.231 e. The van der Waals surface area contributed by atoms with Gasteiger partial charge < -0.3 is 20.9 Å². The van der Waals surface area contributed by atoms with Gasteiger partial charge >= 0.3 is 0 Å². The number of phenols is 1. The summed E-state index contributed by atoms with van der Waals surface area (Å²) in [6.07, 6.45) is 0.631. The highest BCUT2D eigenvalue weighted by Crippen LogP contribution is 2.30. The van der Waals surface area contributed by atoms with Crippen molar-refractivity contribution in [3.8, 4) is 11.5 Å². The standard InChI is InChI=1S/C13H20N2O3/c1-4-13(2,8-14)12(17)15-10-6-5-9(18-3)7-11(10)16/h5-7,16H,4,8,14H2,1-3H3,(H,15,17). The number of hydrogen-bond donors (Lipinski definition) is 3. The van der Waals surface area contributed by atoms with E-state index in [-0.39, 0.29) is 18.2 Å². The minimum absolute atomic E-state index is 0.0295. The molecule has 0 fully saturated rings. The van der Waals surface area contributed by atoms with Crippen LogP contribution in [-0.4, -0.2) is 24.7 Å². The van der Waals surface area contributed by atoms with E-state index < -0.39 is 5.41 Å². The zero-order chi connectivity index (χ0) is 13.8. The molecule has 0 aliphatic carbocycles. The van der Waals surface area contributed by atoms with Gasteiger partial charge in [0.25, 0.3) is 0 Å². The number of amides is 1. The maximum atomic E-state index is 12.1. The number of aromatic hydroxyl groups is 1. The van der Waals surface area contributed by atoms with Crippen molar-refractivity contribution in [2.24, 2.45) is 11.1 Å². The fraction of sp³-hybridized carbons (Fsp3) is 0.462. The minimum atomic E-state index is -0.633. The number of hydrogen-bond acceptors (Lipinski definition) is 4. The fourth-order valence-corrected chi connectivity index (χ4v) is 1.41. The molecule has 5 nitrogen and oxygen atoms in total. The van der Waals surface area contributed by atoms with Crippen molar-refractivity contribution in [3.63, 3.8) is 0 Å². The first-order chi connectivity index (χ1) is 8.46. The van der Waals surface area contributed by atoms with Gasteiger partial charge in [0.05, 0.1) is 18.2 Å². The van der Waals surface area contributed by atoms with Crippen LogP contribution in [0.4, 0.5) is 5.69 Å². The van der Waals surface area contributed by atoms with Crippen molar-refractivity contribution in [1.82, 2.24) is 0 Å². The van der Waals surface area contributed by atoms with Crippen molar-refractivity contribution < 1.29 is 14.6 Å². The van der Waals surface area contributed by atoms with Crippen LogP contribution in [0.15, 0.2) is 18.2 Å². The number of methoxy groups -OCH3 is 1. The molecular formula is C13H20N2O3. The predicted octanol–water partition coefficient (Wildman–Crippen LogP) is 1.71. The first-order valence-corrected chi connectivity index (χ1v) is 5.85. The first kappa shape index (κ1) is 14.3. The molecule has 0 aliphatic rings. The molecule has 0 heterocycles. The fourth-order valence-electron chi connectivity index (χ4n) is 1.41. The lowest BCUT2D eigenvalue weighted by molar-refractivity contribution is -0.124. The van der Waals surface area contributed by atoms with Crippen LogP contribution >= 0.6 is 0 Å². The van der Waals surface area contributed by atoms with E-state index in [9.17, 15) is 9.90 Å². The molecule has 0 bridgehead atoms. The summed E-state index contributed by atoms with van der Waals surface area (Å²) in [6, 6.07) is 4.71. The van der Waals surface area contributed by atoms with Crippen LogP contribution in [0.1, 0.15) is 20.3 Å². The average Bonchev–Trinajstić information content (AvgIpc) is 2.39. The Hall–Kier alpha value is -1.75. The Balaban J connectivity index is 2.88. The molecule has 0 radical (unpaired) electrons. The second kappa shape index (κ2) is 5.73. The third-order valence-corrected chi connectivity index (χ3v) is 3.23. The number of carbonyl (C=O) groups is 1. The summed E-state index contributed by atoms with van der Waals surface area (Å²) in [6.45, 7) is 3.95. The third-order valence-electron chi connectivity index (χ3n) is 3.23. The maximum absolute atomic E-state index is 12.1. The van der Waals surface area contributed by atoms with E-state index >= 15 is 0 Å². The summed E-state index contributed by atoms with van der Waals surface area (Å²) in [5, 5.41) is 12.4. The van der Waals surface area contributed by atoms with Gasteiger partial charge in [0, 0.05) is 12.6 Å². The van der Waals surface area contributed by atoms with Crippen molar-refractivity contribution in [1.29, 1.82) is 0 Å². The van der Waals surface area contributed by atoms with Crippen LogP contribution in [-0.2, 0) is 4.79 Å². The molecule has 0 spiro atoms. The second-order valence-corrected chi connectivity index (χ2v) is 4.46. The SMILES string of the molecule is CCC(C)(CN)C(=O)Nc1ccc(OC)cc1O. The quantitative estimate of drug-likeness (QED) is 0.696. The molecule has 1 amide bonds. The van der Waals surface area contributed by atoms with Crippen molar-refractivity contribution in [3.05, 3.63) is 18.2 Å². The molecule has 1 aromatic rings. The number of nitrogens with one attached hydrogen (secondary N) is 1. The Bertz CT molecular complexity index is 428. The molecule has 1 unspecified atom stereocenters. The van der Waals surface area contributed by atoms with Gasteiger partial charge in [0.15, 0.2) is 0 Å². The minimum Gasteiger partial charge on any atom is -0.506 e. The zero-order valence-electron chi connectivity index (χ0n) is 11.0. The molecular weight excluding hydrogens is 232 g/mol. The monoisotopic (exact) mass is 252 g/mol. The van der Waals surface area contributed by atoms with Crippen LogP contribution in [0.2, 0.25) is 0 Å². The molecule has 1 aromatic carbocycles. The smallest absolute Gasteiger partial charge is 0.231 e. The zero-order valence-corrected chi connectivity index (χ0v) is 11.0. The van der Waals surface area contributed by atoms with Gasteiger partial charge in [-0.25, -0.2) is 0 Å². The van der Waals surface area contributed by atoms with Crippen molar-refractivity contribution >= 4 is 11.6 Å². The number of ether oxygens (including phenoxy) is 1. The predicted molar refractivity (Wildman–Crippen MR) is 70.7 cm³/mol. The van der Waals surface area contributed by atoms with Crippen LogP contribution in [0.25, 0.3) is 0 Å². The van der Waals surface area contributed by atoms with E-state index in [0.29, 0.717) is 17.9 Å². The Morgan fingerprint density at radius 3 is 2.67 bits per heavy atom. The summed E-state index contributed by atoms with van der Waals surface area (Å²) in [4.78, 5) is 12.1. The lowest BCUT2D eigenvalue weighted by atomic mass is 9.86. The highest BCUT2D eigenvalue weighted by Gasteiger charge is 2.30. The van der Waals surface area contributed by atoms with Crippen molar-refractivity contribution in [2.45, 2.75) is 20.3 Å². The topological polar surface area (TPSA) is 84.6 Å². The molecule has 1 atom stereocenters. The molecule has 0 aromatic heterocycles. The average molecular weight is 252 g/mol. The van der Waals surface area contributed by atoms with Gasteiger partial charge in [-0.1, -0.05) is 6.92 Å². The lowest BCUT2D eigenvalue weighted by Gasteiger charge is -2.25. The molecule has 1 rings (SSSR count). The van der Waals surface area contributed by atoms with E-state index in [4.69, 9.17) is 10.5 Å². The molecule has 0 saturated carbocycles. The molecule has 4 N–H and O–H groups in total. The summed E-state index contributed by atoms with van der Waals surface area (Å²) in [5.74, 6) is 0.300. The summed E-state index contributed by atoms with van der Waals surface area (Å²) < 4.78 is 4.97. The van der Waals surface area contributed by atoms with Gasteiger partial charge in [0.2, 0.25) is 5.91 Å². The molecule has 0 saturated heterocycles. The number of phenolic OH excluding ortho intramolecular Hbond substituents is 1. The first-order valence-electron chi connectivity index (χ1n) is 5.85. The molecule has 5 heteroatoms. The number of anilines is 1. The Labute approximate surface area is 107 Å². The summed E-state index contributed by atoms with van der Waals surface area (Å²) >= 11 is 0. The normalized spacial score (nSPS) is 13.8. The highest BCUT2D eigenvalue weighted by molar-refractivity contribution is 5.96. The number of rotatable bonds is 5. The number of benzene rings is 1. The van der Waals surface area contributed by atoms with E-state index in [1.54, 1.807) is 19.1 Å². The van der Waals surface area contributed by atoms with Crippen LogP contribution in [0.3, 0.4) is 0 Å². The largest absolute Gasteiger partial charge is 0.506 e. The van der Waals surface area contributed by atoms with Gasteiger partial charge in [-0.05, 0) is 25.5 Å². The number of carbonyl (C=O) groups excluding carboxylic acids is 1. The van der Waals surface area contributed by atoms with Gasteiger partial charge in [-0.3, -0.25) is 4.79 Å². The molecule has 100 valence electrons. The van der Waals surface area contributed by atoms with Crippen LogP contribution in [0.5, 0.6) is 11.5 Å². The summed E-state index contributed by atoms with van der Waals surface area (Å²) in [7, 11) is 1.51. The van der Waals surface area contributed by atoms with E-state index in [2.05, 4.69) is 5.32 Å². The van der Waals surface area contributed by atoms with Crippen LogP contribution < -0.4 is 15.8 Å². The van der Waals surface area contributed by atoms with Gasteiger partial charge in [-0.2, -0.15) is 0 Å². The Morgan fingerprint density at radius 1 is 1.56 bits per heavy atom. The third kappa shape index (κ3) is 2.92. The van der Waals surface area contributed by atoms with E-state index in [1.165, 1.54) is 13.2 Å². The molecule has 0 aliphatic heterocycles. The van der Waals surface area contributed by atoms with Gasteiger partial charge in [-0.15, -0.1) is 0 Å².